The summed E-state index contributed by atoms with van der Waals surface area (Å²) in [7, 11) is 0. The van der Waals surface area contributed by atoms with Gasteiger partial charge in [0.05, 0.1) is 24.4 Å². The third-order valence-corrected chi connectivity index (χ3v) is 7.31. The van der Waals surface area contributed by atoms with E-state index in [4.69, 9.17) is 17.0 Å². The summed E-state index contributed by atoms with van der Waals surface area (Å²) in [4.78, 5) is 19.8. The minimum atomic E-state index is -0.168. The predicted octanol–water partition coefficient (Wildman–Crippen LogP) is 5.83. The molecule has 1 amide bonds. The lowest BCUT2D eigenvalue weighted by atomic mass is 10.0. The Hall–Kier alpha value is -4.17. The minimum absolute atomic E-state index is 0.0411. The van der Waals surface area contributed by atoms with Gasteiger partial charge in [0.2, 0.25) is 5.91 Å². The lowest BCUT2D eigenvalue weighted by Gasteiger charge is -2.29. The fourth-order valence-electron chi connectivity index (χ4n) is 5.09. The molecule has 5 rings (SSSR count). The molecule has 7 nitrogen and oxygen atoms in total. The van der Waals surface area contributed by atoms with Crippen LogP contribution in [0.3, 0.4) is 0 Å². The molecule has 39 heavy (non-hydrogen) atoms. The Morgan fingerprint density at radius 1 is 1.03 bits per heavy atom. The maximum atomic E-state index is 13.0. The Kier molecular flexibility index (Phi) is 8.22. The highest BCUT2D eigenvalue weighted by molar-refractivity contribution is 7.80. The van der Waals surface area contributed by atoms with Gasteiger partial charge in [-0.05, 0) is 85.7 Å². The normalized spacial score (nSPS) is 16.7. The molecule has 0 spiro atoms. The fraction of sp³-hybridized carbons (Fsp3) is 0.258. The summed E-state index contributed by atoms with van der Waals surface area (Å²) in [5.41, 5.74) is 4.95. The standard InChI is InChI=1S/C31H33N5O2S/c1-3-22-10-5-6-11-25(22)33-28(37)18-21-36-30(29(34-31(36)39)26-12-7-8-19-32-26)27-13-9-20-35(27)23-14-16-24(17-15-23)38-4-2/h5-17,19-20,29-30H,3-4,18,21H2,1-2H3,(H,33,37)(H,34,39). The molecule has 1 aliphatic heterocycles. The van der Waals surface area contributed by atoms with Crippen molar-refractivity contribution in [3.63, 3.8) is 0 Å². The number of aryl methyl sites for hydroxylation is 1. The number of thiocarbonyl (C=S) groups is 1. The molecule has 1 aliphatic rings. The molecule has 2 atom stereocenters. The highest BCUT2D eigenvalue weighted by Crippen LogP contribution is 2.39. The van der Waals surface area contributed by atoms with Crippen LogP contribution in [0.1, 0.15) is 49.3 Å². The molecule has 2 aromatic carbocycles. The molecule has 2 unspecified atom stereocenters. The molecule has 200 valence electrons. The van der Waals surface area contributed by atoms with Gasteiger partial charge in [-0.1, -0.05) is 31.2 Å². The first kappa shape index (κ1) is 26.4. The van der Waals surface area contributed by atoms with Crippen molar-refractivity contribution in [3.8, 4) is 11.4 Å². The topological polar surface area (TPSA) is 71.4 Å². The van der Waals surface area contributed by atoms with Crippen molar-refractivity contribution >= 4 is 28.9 Å². The second-order valence-corrected chi connectivity index (χ2v) is 9.75. The van der Waals surface area contributed by atoms with Crippen molar-refractivity contribution < 1.29 is 9.53 Å². The van der Waals surface area contributed by atoms with Gasteiger partial charge in [0.15, 0.2) is 5.11 Å². The maximum Gasteiger partial charge on any atom is 0.226 e. The van der Waals surface area contributed by atoms with Crippen LogP contribution < -0.4 is 15.4 Å². The molecule has 1 fully saturated rings. The summed E-state index contributed by atoms with van der Waals surface area (Å²) < 4.78 is 7.80. The number of benzene rings is 2. The molecule has 0 saturated carbocycles. The Morgan fingerprint density at radius 3 is 2.56 bits per heavy atom. The SMILES string of the molecule is CCOc1ccc(-n2cccc2C2C(c3ccccn3)NC(=S)N2CCC(=O)Nc2ccccc2CC)cc1. The molecule has 0 bridgehead atoms. The average Bonchev–Trinajstić information content (AvgIpc) is 3.57. The molecule has 0 radical (unpaired) electrons. The summed E-state index contributed by atoms with van der Waals surface area (Å²) in [5, 5.41) is 7.18. The van der Waals surface area contributed by atoms with Crippen LogP contribution in [0.25, 0.3) is 5.69 Å². The highest BCUT2D eigenvalue weighted by atomic mass is 32.1. The number of nitrogens with one attached hydrogen (secondary N) is 2. The third kappa shape index (κ3) is 5.81. The van der Waals surface area contributed by atoms with Gasteiger partial charge in [-0.2, -0.15) is 0 Å². The summed E-state index contributed by atoms with van der Waals surface area (Å²) >= 11 is 5.83. The number of ether oxygens (including phenoxy) is 1. The van der Waals surface area contributed by atoms with Crippen molar-refractivity contribution in [1.29, 1.82) is 0 Å². The Labute approximate surface area is 234 Å². The van der Waals surface area contributed by atoms with Gasteiger partial charge in [-0.15, -0.1) is 0 Å². The first-order chi connectivity index (χ1) is 19.1. The van der Waals surface area contributed by atoms with E-state index < -0.39 is 0 Å². The van der Waals surface area contributed by atoms with Crippen LogP contribution in [0, 0.1) is 0 Å². The minimum Gasteiger partial charge on any atom is -0.494 e. The first-order valence-corrected chi connectivity index (χ1v) is 13.8. The van der Waals surface area contributed by atoms with Crippen molar-refractivity contribution in [2.24, 2.45) is 0 Å². The predicted molar refractivity (Wildman–Crippen MR) is 158 cm³/mol. The Bertz CT molecular complexity index is 1420. The van der Waals surface area contributed by atoms with Gasteiger partial charge in [0, 0.05) is 42.4 Å². The van der Waals surface area contributed by atoms with Gasteiger partial charge in [-0.25, -0.2) is 0 Å². The smallest absolute Gasteiger partial charge is 0.226 e. The van der Waals surface area contributed by atoms with Gasteiger partial charge >= 0.3 is 0 Å². The van der Waals surface area contributed by atoms with Gasteiger partial charge in [-0.3, -0.25) is 9.78 Å². The van der Waals surface area contributed by atoms with Crippen LogP contribution in [0.4, 0.5) is 5.69 Å². The lowest BCUT2D eigenvalue weighted by molar-refractivity contribution is -0.116. The fourth-order valence-corrected chi connectivity index (χ4v) is 5.42. The molecule has 3 heterocycles. The van der Waals surface area contributed by atoms with Crippen molar-refractivity contribution in [2.75, 3.05) is 18.5 Å². The molecule has 1 saturated heterocycles. The lowest BCUT2D eigenvalue weighted by Crippen LogP contribution is -2.33. The summed E-state index contributed by atoms with van der Waals surface area (Å²) in [5.74, 6) is 0.794. The number of rotatable bonds is 10. The molecule has 4 aromatic rings. The Balaban J connectivity index is 1.42. The van der Waals surface area contributed by atoms with Crippen LogP contribution in [0.15, 0.2) is 91.3 Å². The van der Waals surface area contributed by atoms with E-state index >= 15 is 0 Å². The summed E-state index contributed by atoms with van der Waals surface area (Å²) in [6, 6.07) is 25.7. The van der Waals surface area contributed by atoms with Crippen LogP contribution in [-0.4, -0.2) is 38.6 Å². The van der Waals surface area contributed by atoms with E-state index in [9.17, 15) is 4.79 Å². The van der Waals surface area contributed by atoms with Crippen LogP contribution >= 0.6 is 12.2 Å². The van der Waals surface area contributed by atoms with E-state index in [1.54, 1.807) is 6.20 Å². The first-order valence-electron chi connectivity index (χ1n) is 13.3. The van der Waals surface area contributed by atoms with E-state index in [-0.39, 0.29) is 18.0 Å². The zero-order valence-corrected chi connectivity index (χ0v) is 23.0. The van der Waals surface area contributed by atoms with Gasteiger partial charge in [0.25, 0.3) is 0 Å². The number of anilines is 1. The number of para-hydroxylation sites is 1. The van der Waals surface area contributed by atoms with E-state index in [0.29, 0.717) is 24.7 Å². The number of amides is 1. The molecular weight excluding hydrogens is 506 g/mol. The van der Waals surface area contributed by atoms with E-state index in [1.807, 2.05) is 79.7 Å². The van der Waals surface area contributed by atoms with Crippen molar-refractivity contribution in [3.05, 3.63) is 108 Å². The Morgan fingerprint density at radius 2 is 1.82 bits per heavy atom. The molecule has 2 aromatic heterocycles. The van der Waals surface area contributed by atoms with Crippen LogP contribution in [0.2, 0.25) is 0 Å². The monoisotopic (exact) mass is 539 g/mol. The number of pyridine rings is 1. The number of nitrogens with zero attached hydrogens (tertiary/aromatic N) is 3. The molecule has 2 N–H and O–H groups in total. The molecule has 0 aliphatic carbocycles. The quantitative estimate of drug-likeness (QED) is 0.247. The van der Waals surface area contributed by atoms with E-state index in [1.165, 1.54) is 0 Å². The zero-order chi connectivity index (χ0) is 27.2. The second-order valence-electron chi connectivity index (χ2n) is 9.36. The zero-order valence-electron chi connectivity index (χ0n) is 22.2. The average molecular weight is 540 g/mol. The highest BCUT2D eigenvalue weighted by Gasteiger charge is 2.41. The summed E-state index contributed by atoms with van der Waals surface area (Å²) in [6.45, 7) is 5.15. The summed E-state index contributed by atoms with van der Waals surface area (Å²) in [6.07, 6.45) is 5.00. The van der Waals surface area contributed by atoms with Crippen LogP contribution in [-0.2, 0) is 11.2 Å². The van der Waals surface area contributed by atoms with Gasteiger partial charge < -0.3 is 24.8 Å². The van der Waals surface area contributed by atoms with Crippen LogP contribution in [0.5, 0.6) is 5.75 Å². The maximum absolute atomic E-state index is 13.0. The number of aromatic nitrogens is 2. The van der Waals surface area contributed by atoms with E-state index in [0.717, 1.165) is 40.5 Å². The number of hydrogen-bond donors (Lipinski definition) is 2. The number of carbonyl (C=O) groups excluding carboxylic acids is 1. The number of carbonyl (C=O) groups is 1. The van der Waals surface area contributed by atoms with E-state index in [2.05, 4.69) is 44.3 Å². The number of hydrogen-bond acceptors (Lipinski definition) is 4. The van der Waals surface area contributed by atoms with Crippen molar-refractivity contribution in [1.82, 2.24) is 19.8 Å². The van der Waals surface area contributed by atoms with Crippen molar-refractivity contribution in [2.45, 2.75) is 38.8 Å². The second kappa shape index (κ2) is 12.1. The van der Waals surface area contributed by atoms with Gasteiger partial charge in [0.1, 0.15) is 5.75 Å². The largest absolute Gasteiger partial charge is 0.494 e. The third-order valence-electron chi connectivity index (χ3n) is 6.96. The molecule has 8 heteroatoms. The molecular formula is C31H33N5O2S.